The van der Waals surface area contributed by atoms with E-state index in [0.29, 0.717) is 23.5 Å². The number of ether oxygens (including phenoxy) is 2. The molecule has 1 N–H and O–H groups in total. The molecule has 0 unspecified atom stereocenters. The second kappa shape index (κ2) is 9.47. The molecule has 2 aromatic carbocycles. The molecule has 1 aliphatic rings. The Bertz CT molecular complexity index is 856. The van der Waals surface area contributed by atoms with Crippen LogP contribution in [-0.4, -0.2) is 58.3 Å². The van der Waals surface area contributed by atoms with Crippen LogP contribution in [0.3, 0.4) is 0 Å². The van der Waals surface area contributed by atoms with E-state index < -0.39 is 0 Å². The Morgan fingerprint density at radius 1 is 1.10 bits per heavy atom. The number of methoxy groups -OCH3 is 2. The van der Waals surface area contributed by atoms with Crippen LogP contribution in [0.25, 0.3) is 0 Å². The second-order valence-corrected chi connectivity index (χ2v) is 7.16. The minimum atomic E-state index is -0.191. The number of piperazine rings is 1. The SMILES string of the molecule is C=CCc1cc(C(=O)Nc2ccc(N3CCN(C)CC3)cc2)cc(OC)c1OC. The van der Waals surface area contributed by atoms with Crippen molar-refractivity contribution in [1.82, 2.24) is 4.90 Å². The first-order chi connectivity index (χ1) is 14.0. The molecule has 6 nitrogen and oxygen atoms in total. The summed E-state index contributed by atoms with van der Waals surface area (Å²) in [6, 6.07) is 11.5. The summed E-state index contributed by atoms with van der Waals surface area (Å²) in [7, 11) is 5.30. The van der Waals surface area contributed by atoms with Crippen LogP contribution in [0.2, 0.25) is 0 Å². The molecule has 1 saturated heterocycles. The summed E-state index contributed by atoms with van der Waals surface area (Å²) >= 11 is 0. The van der Waals surface area contributed by atoms with Crippen molar-refractivity contribution in [1.29, 1.82) is 0 Å². The van der Waals surface area contributed by atoms with Gasteiger partial charge in [0.15, 0.2) is 11.5 Å². The summed E-state index contributed by atoms with van der Waals surface area (Å²) in [5, 5.41) is 2.97. The van der Waals surface area contributed by atoms with Gasteiger partial charge in [-0.25, -0.2) is 0 Å². The molecular weight excluding hydrogens is 366 g/mol. The molecule has 0 bridgehead atoms. The van der Waals surface area contributed by atoms with Gasteiger partial charge in [-0.05, 0) is 49.9 Å². The first-order valence-electron chi connectivity index (χ1n) is 9.76. The number of likely N-dealkylation sites (N-methyl/N-ethyl adjacent to an activating group) is 1. The molecule has 3 rings (SSSR count). The minimum Gasteiger partial charge on any atom is -0.493 e. The van der Waals surface area contributed by atoms with Crippen molar-refractivity contribution in [3.05, 3.63) is 60.2 Å². The maximum Gasteiger partial charge on any atom is 0.255 e. The molecule has 0 aromatic heterocycles. The Balaban J connectivity index is 1.74. The normalized spacial score (nSPS) is 14.4. The number of carbonyl (C=O) groups is 1. The standard InChI is InChI=1S/C23H29N3O3/c1-5-6-17-15-18(16-21(28-3)22(17)29-4)23(27)24-19-7-9-20(10-8-19)26-13-11-25(2)12-14-26/h5,7-10,15-16H,1,6,11-14H2,2-4H3,(H,24,27). The van der Waals surface area contributed by atoms with Crippen molar-refractivity contribution in [2.24, 2.45) is 0 Å². The van der Waals surface area contributed by atoms with Crippen LogP contribution in [0, 0.1) is 0 Å². The average Bonchev–Trinajstić information content (AvgIpc) is 2.74. The van der Waals surface area contributed by atoms with E-state index in [0.717, 1.165) is 37.4 Å². The van der Waals surface area contributed by atoms with Crippen LogP contribution in [-0.2, 0) is 6.42 Å². The van der Waals surface area contributed by atoms with Gasteiger partial charge >= 0.3 is 0 Å². The third kappa shape index (κ3) is 4.90. The molecule has 2 aromatic rings. The van der Waals surface area contributed by atoms with Crippen molar-refractivity contribution in [2.45, 2.75) is 6.42 Å². The Kier molecular flexibility index (Phi) is 6.77. The van der Waals surface area contributed by atoms with E-state index >= 15 is 0 Å². The Morgan fingerprint density at radius 2 is 1.79 bits per heavy atom. The van der Waals surface area contributed by atoms with E-state index in [4.69, 9.17) is 9.47 Å². The summed E-state index contributed by atoms with van der Waals surface area (Å²) in [4.78, 5) is 17.5. The van der Waals surface area contributed by atoms with Gasteiger partial charge in [-0.1, -0.05) is 6.08 Å². The summed E-state index contributed by atoms with van der Waals surface area (Å²) in [5.74, 6) is 0.964. The lowest BCUT2D eigenvalue weighted by Crippen LogP contribution is -2.44. The zero-order valence-corrected chi connectivity index (χ0v) is 17.4. The third-order valence-corrected chi connectivity index (χ3v) is 5.18. The van der Waals surface area contributed by atoms with Gasteiger partial charge in [0.1, 0.15) is 0 Å². The van der Waals surface area contributed by atoms with Gasteiger partial charge in [-0.15, -0.1) is 6.58 Å². The highest BCUT2D eigenvalue weighted by Crippen LogP contribution is 2.33. The van der Waals surface area contributed by atoms with Gasteiger partial charge in [-0.2, -0.15) is 0 Å². The predicted octanol–water partition coefficient (Wildman–Crippen LogP) is 3.44. The molecule has 0 radical (unpaired) electrons. The van der Waals surface area contributed by atoms with E-state index in [-0.39, 0.29) is 5.91 Å². The van der Waals surface area contributed by atoms with E-state index in [9.17, 15) is 4.79 Å². The zero-order valence-electron chi connectivity index (χ0n) is 17.4. The first kappa shape index (κ1) is 20.7. The quantitative estimate of drug-likeness (QED) is 0.728. The number of allylic oxidation sites excluding steroid dienone is 1. The molecule has 1 amide bonds. The van der Waals surface area contributed by atoms with Crippen molar-refractivity contribution in [3.8, 4) is 11.5 Å². The fraction of sp³-hybridized carbons (Fsp3) is 0.348. The zero-order chi connectivity index (χ0) is 20.8. The van der Waals surface area contributed by atoms with Crippen molar-refractivity contribution < 1.29 is 14.3 Å². The fourth-order valence-electron chi connectivity index (χ4n) is 3.50. The molecule has 29 heavy (non-hydrogen) atoms. The molecule has 154 valence electrons. The number of hydrogen-bond acceptors (Lipinski definition) is 5. The largest absolute Gasteiger partial charge is 0.493 e. The summed E-state index contributed by atoms with van der Waals surface area (Å²) in [5.41, 5.74) is 3.31. The van der Waals surface area contributed by atoms with Gasteiger partial charge in [0, 0.05) is 48.7 Å². The highest BCUT2D eigenvalue weighted by Gasteiger charge is 2.17. The van der Waals surface area contributed by atoms with E-state index in [1.807, 2.05) is 18.2 Å². The van der Waals surface area contributed by atoms with E-state index in [1.54, 1.807) is 26.4 Å². The van der Waals surface area contributed by atoms with Crippen LogP contribution in [0.1, 0.15) is 15.9 Å². The van der Waals surface area contributed by atoms with Gasteiger partial charge in [0.25, 0.3) is 5.91 Å². The molecular formula is C23H29N3O3. The molecule has 0 aliphatic carbocycles. The first-order valence-corrected chi connectivity index (χ1v) is 9.76. The van der Waals surface area contributed by atoms with Gasteiger partial charge in [0.05, 0.1) is 14.2 Å². The highest BCUT2D eigenvalue weighted by atomic mass is 16.5. The lowest BCUT2D eigenvalue weighted by molar-refractivity contribution is 0.102. The summed E-state index contributed by atoms with van der Waals surface area (Å²) < 4.78 is 10.8. The van der Waals surface area contributed by atoms with E-state index in [1.165, 1.54) is 5.69 Å². The number of nitrogens with one attached hydrogen (secondary N) is 1. The second-order valence-electron chi connectivity index (χ2n) is 7.16. The molecule has 1 heterocycles. The molecule has 6 heteroatoms. The average molecular weight is 396 g/mol. The van der Waals surface area contributed by atoms with Crippen molar-refractivity contribution in [2.75, 3.05) is 57.7 Å². The number of hydrogen-bond donors (Lipinski definition) is 1. The number of carbonyl (C=O) groups excluding carboxylic acids is 1. The molecule has 1 fully saturated rings. The molecule has 1 aliphatic heterocycles. The van der Waals surface area contributed by atoms with Crippen LogP contribution < -0.4 is 19.7 Å². The molecule has 0 spiro atoms. The monoisotopic (exact) mass is 395 g/mol. The van der Waals surface area contributed by atoms with Gasteiger partial charge < -0.3 is 24.6 Å². The topological polar surface area (TPSA) is 54.0 Å². The van der Waals surface area contributed by atoms with Gasteiger partial charge in [0.2, 0.25) is 0 Å². The predicted molar refractivity (Wildman–Crippen MR) is 118 cm³/mol. The lowest BCUT2D eigenvalue weighted by atomic mass is 10.0. The maximum atomic E-state index is 12.8. The Hall–Kier alpha value is -2.99. The fourth-order valence-corrected chi connectivity index (χ4v) is 3.50. The number of rotatable bonds is 7. The minimum absolute atomic E-state index is 0.191. The Labute approximate surface area is 172 Å². The molecule has 0 atom stereocenters. The van der Waals surface area contributed by atoms with Crippen LogP contribution in [0.4, 0.5) is 11.4 Å². The summed E-state index contributed by atoms with van der Waals surface area (Å²) in [6.07, 6.45) is 2.36. The van der Waals surface area contributed by atoms with Gasteiger partial charge in [-0.3, -0.25) is 4.79 Å². The van der Waals surface area contributed by atoms with Crippen molar-refractivity contribution >= 4 is 17.3 Å². The number of amides is 1. The number of anilines is 2. The lowest BCUT2D eigenvalue weighted by Gasteiger charge is -2.34. The van der Waals surface area contributed by atoms with Crippen LogP contribution >= 0.6 is 0 Å². The van der Waals surface area contributed by atoms with Crippen molar-refractivity contribution in [3.63, 3.8) is 0 Å². The number of benzene rings is 2. The summed E-state index contributed by atoms with van der Waals surface area (Å²) in [6.45, 7) is 7.92. The van der Waals surface area contributed by atoms with E-state index in [2.05, 4.69) is 40.9 Å². The molecule has 0 saturated carbocycles. The number of nitrogens with zero attached hydrogens (tertiary/aromatic N) is 2. The Morgan fingerprint density at radius 3 is 2.38 bits per heavy atom. The highest BCUT2D eigenvalue weighted by molar-refractivity contribution is 6.05. The third-order valence-electron chi connectivity index (χ3n) is 5.18. The smallest absolute Gasteiger partial charge is 0.255 e. The maximum absolute atomic E-state index is 12.8. The van der Waals surface area contributed by atoms with Crippen LogP contribution in [0.15, 0.2) is 49.1 Å². The van der Waals surface area contributed by atoms with Crippen LogP contribution in [0.5, 0.6) is 11.5 Å².